The van der Waals surface area contributed by atoms with Crippen molar-refractivity contribution in [3.05, 3.63) is 90.0 Å². The lowest BCUT2D eigenvalue weighted by atomic mass is 9.99. The molecule has 0 aliphatic rings. The molecule has 0 saturated heterocycles. The van der Waals surface area contributed by atoms with E-state index >= 15 is 0 Å². The summed E-state index contributed by atoms with van der Waals surface area (Å²) >= 11 is 0. The van der Waals surface area contributed by atoms with Crippen LogP contribution in [0.5, 0.6) is 0 Å². The van der Waals surface area contributed by atoms with Crippen molar-refractivity contribution in [1.29, 1.82) is 0 Å². The van der Waals surface area contributed by atoms with Gasteiger partial charge in [0.1, 0.15) is 0 Å². The van der Waals surface area contributed by atoms with Crippen molar-refractivity contribution in [1.82, 2.24) is 10.2 Å². The molecule has 1 heterocycles. The van der Waals surface area contributed by atoms with Crippen molar-refractivity contribution in [2.45, 2.75) is 58.4 Å². The number of nitrogens with zero attached hydrogens (tertiary/aromatic N) is 2. The molecular weight excluding hydrogens is 490 g/mol. The largest absolute Gasteiger partial charge is 0.466 e. The third-order valence-electron chi connectivity index (χ3n) is 6.49. The quantitative estimate of drug-likeness (QED) is 0.133. The third kappa shape index (κ3) is 7.87. The van der Waals surface area contributed by atoms with Crippen LogP contribution in [0.4, 0.5) is 5.69 Å². The molecule has 4 aromatic rings. The Labute approximate surface area is 229 Å². The fourth-order valence-electron chi connectivity index (χ4n) is 4.35. The van der Waals surface area contributed by atoms with Crippen LogP contribution < -0.4 is 5.32 Å². The molecule has 3 aromatic carbocycles. The number of anilines is 1. The molecule has 7 nitrogen and oxygen atoms in total. The van der Waals surface area contributed by atoms with Crippen LogP contribution in [0.2, 0.25) is 0 Å². The fraction of sp³-hybridized carbons (Fsp3) is 0.312. The second-order valence-electron chi connectivity index (χ2n) is 9.40. The first-order valence-electron chi connectivity index (χ1n) is 13.6. The van der Waals surface area contributed by atoms with Gasteiger partial charge < -0.3 is 14.5 Å². The highest BCUT2D eigenvalue weighted by atomic mass is 16.5. The average molecular weight is 526 g/mol. The molecule has 1 atom stereocenters. The topological polar surface area (TPSA) is 94.3 Å². The Bertz CT molecular complexity index is 1330. The minimum Gasteiger partial charge on any atom is -0.466 e. The molecule has 1 unspecified atom stereocenters. The number of esters is 1. The molecule has 0 aliphatic heterocycles. The van der Waals surface area contributed by atoms with Crippen LogP contribution in [0.25, 0.3) is 22.9 Å². The minimum absolute atomic E-state index is 0.0282. The zero-order valence-electron chi connectivity index (χ0n) is 22.6. The first-order chi connectivity index (χ1) is 19.1. The number of benzene rings is 3. The van der Waals surface area contributed by atoms with Gasteiger partial charge in [-0.2, -0.15) is 0 Å². The maximum absolute atomic E-state index is 12.5. The van der Waals surface area contributed by atoms with Gasteiger partial charge in [0.2, 0.25) is 11.8 Å². The predicted octanol–water partition coefficient (Wildman–Crippen LogP) is 7.66. The number of ketones is 1. The first-order valence-corrected chi connectivity index (χ1v) is 13.6. The lowest BCUT2D eigenvalue weighted by Crippen LogP contribution is -2.11. The molecule has 0 fully saturated rings. The monoisotopic (exact) mass is 525 g/mol. The molecule has 0 saturated carbocycles. The van der Waals surface area contributed by atoms with Crippen LogP contribution in [-0.2, 0) is 9.53 Å². The number of ether oxygens (including phenoxy) is 1. The molecule has 1 N–H and O–H groups in total. The van der Waals surface area contributed by atoms with Crippen LogP contribution in [0.3, 0.4) is 0 Å². The summed E-state index contributed by atoms with van der Waals surface area (Å²) in [6, 6.07) is 25.6. The molecule has 39 heavy (non-hydrogen) atoms. The molecule has 7 heteroatoms. The van der Waals surface area contributed by atoms with Crippen molar-refractivity contribution < 1.29 is 18.7 Å². The summed E-state index contributed by atoms with van der Waals surface area (Å²) in [5, 5.41) is 12.1. The van der Waals surface area contributed by atoms with E-state index < -0.39 is 0 Å². The van der Waals surface area contributed by atoms with E-state index in [0.717, 1.165) is 41.6 Å². The molecule has 0 aliphatic carbocycles. The van der Waals surface area contributed by atoms with E-state index in [-0.39, 0.29) is 24.2 Å². The first kappa shape index (κ1) is 27.8. The molecule has 202 valence electrons. The Morgan fingerprint density at radius 3 is 2.13 bits per heavy atom. The van der Waals surface area contributed by atoms with Crippen molar-refractivity contribution in [2.24, 2.45) is 0 Å². The SMILES string of the molecule is CCCCC(Nc1ccc(C(=O)CCCC(=O)OCC)cc1)c1ccc(-c2nnc(-c3ccccc3)o2)cc1. The number of carbonyl (C=O) groups excluding carboxylic acids is 2. The Morgan fingerprint density at radius 2 is 1.49 bits per heavy atom. The van der Waals surface area contributed by atoms with Gasteiger partial charge in [-0.1, -0.05) is 50.1 Å². The van der Waals surface area contributed by atoms with Gasteiger partial charge in [-0.15, -0.1) is 10.2 Å². The maximum Gasteiger partial charge on any atom is 0.305 e. The number of hydrogen-bond acceptors (Lipinski definition) is 7. The molecule has 0 amide bonds. The van der Waals surface area contributed by atoms with E-state index in [0.29, 0.717) is 36.8 Å². The highest BCUT2D eigenvalue weighted by Crippen LogP contribution is 2.29. The summed E-state index contributed by atoms with van der Waals surface area (Å²) in [5.74, 6) is 0.754. The van der Waals surface area contributed by atoms with Gasteiger partial charge in [0.15, 0.2) is 5.78 Å². The molecule has 0 bridgehead atoms. The Balaban J connectivity index is 1.39. The van der Waals surface area contributed by atoms with Crippen LogP contribution in [-0.4, -0.2) is 28.6 Å². The summed E-state index contributed by atoms with van der Waals surface area (Å²) in [5.41, 5.74) is 4.52. The number of aromatic nitrogens is 2. The summed E-state index contributed by atoms with van der Waals surface area (Å²) < 4.78 is 10.8. The van der Waals surface area contributed by atoms with E-state index in [2.05, 4.69) is 34.6 Å². The number of hydrogen-bond donors (Lipinski definition) is 1. The molecule has 4 rings (SSSR count). The van der Waals surface area contributed by atoms with Gasteiger partial charge in [0.25, 0.3) is 0 Å². The number of rotatable bonds is 14. The number of Topliss-reactive ketones (excluding diaryl/α,β-unsaturated/α-hetero) is 1. The number of carbonyl (C=O) groups is 2. The lowest BCUT2D eigenvalue weighted by molar-refractivity contribution is -0.143. The Morgan fingerprint density at radius 1 is 0.821 bits per heavy atom. The van der Waals surface area contributed by atoms with E-state index in [1.807, 2.05) is 66.7 Å². The highest BCUT2D eigenvalue weighted by Gasteiger charge is 2.15. The van der Waals surface area contributed by atoms with Gasteiger partial charge in [0, 0.05) is 35.2 Å². The van der Waals surface area contributed by atoms with E-state index in [1.54, 1.807) is 6.92 Å². The van der Waals surface area contributed by atoms with Crippen LogP contribution in [0, 0.1) is 0 Å². The van der Waals surface area contributed by atoms with Crippen LogP contribution in [0.15, 0.2) is 83.3 Å². The summed E-state index contributed by atoms with van der Waals surface area (Å²) in [6.45, 7) is 4.32. The lowest BCUT2D eigenvalue weighted by Gasteiger charge is -2.21. The van der Waals surface area contributed by atoms with Crippen molar-refractivity contribution in [2.75, 3.05) is 11.9 Å². The molecule has 1 aromatic heterocycles. The van der Waals surface area contributed by atoms with Gasteiger partial charge in [-0.25, -0.2) is 0 Å². The number of nitrogens with one attached hydrogen (secondary N) is 1. The van der Waals surface area contributed by atoms with Gasteiger partial charge in [-0.05, 0) is 73.9 Å². The van der Waals surface area contributed by atoms with Crippen molar-refractivity contribution in [3.8, 4) is 22.9 Å². The second kappa shape index (κ2) is 14.0. The second-order valence-corrected chi connectivity index (χ2v) is 9.40. The maximum atomic E-state index is 12.5. The van der Waals surface area contributed by atoms with Gasteiger partial charge in [-0.3, -0.25) is 9.59 Å². The highest BCUT2D eigenvalue weighted by molar-refractivity contribution is 5.96. The zero-order chi connectivity index (χ0) is 27.5. The van der Waals surface area contributed by atoms with E-state index in [4.69, 9.17) is 9.15 Å². The minimum atomic E-state index is -0.259. The number of unbranched alkanes of at least 4 members (excludes halogenated alkanes) is 1. The third-order valence-corrected chi connectivity index (χ3v) is 6.49. The van der Waals surface area contributed by atoms with E-state index in [9.17, 15) is 9.59 Å². The predicted molar refractivity (Wildman–Crippen MR) is 152 cm³/mol. The van der Waals surface area contributed by atoms with Gasteiger partial charge >= 0.3 is 5.97 Å². The Kier molecular flexibility index (Phi) is 10.0. The molecule has 0 radical (unpaired) electrons. The summed E-state index contributed by atoms with van der Waals surface area (Å²) in [6.07, 6.45) is 4.23. The smallest absolute Gasteiger partial charge is 0.305 e. The zero-order valence-corrected chi connectivity index (χ0v) is 22.6. The Hall–Kier alpha value is -4.26. The van der Waals surface area contributed by atoms with Crippen LogP contribution >= 0.6 is 0 Å². The molecule has 0 spiro atoms. The van der Waals surface area contributed by atoms with Crippen molar-refractivity contribution in [3.63, 3.8) is 0 Å². The average Bonchev–Trinajstić information content (AvgIpc) is 3.47. The summed E-state index contributed by atoms with van der Waals surface area (Å²) in [7, 11) is 0. The van der Waals surface area contributed by atoms with Gasteiger partial charge in [0.05, 0.1) is 12.6 Å². The fourth-order valence-corrected chi connectivity index (χ4v) is 4.35. The van der Waals surface area contributed by atoms with Crippen molar-refractivity contribution >= 4 is 17.4 Å². The van der Waals surface area contributed by atoms with E-state index in [1.165, 1.54) is 0 Å². The molecular formula is C32H35N3O4. The normalized spacial score (nSPS) is 11.6. The van der Waals surface area contributed by atoms with Crippen LogP contribution in [0.1, 0.15) is 74.3 Å². The summed E-state index contributed by atoms with van der Waals surface area (Å²) in [4.78, 5) is 24.0. The standard InChI is InChI=1S/C32H35N3O4/c1-3-5-12-28(33-27-21-19-24(20-22-27)29(36)13-9-14-30(37)38-4-2)23-15-17-26(18-16-23)32-35-34-31(39-32)25-10-7-6-8-11-25/h6-8,10-11,15-22,28,33H,3-5,9,12-14H2,1-2H3.